The van der Waals surface area contributed by atoms with Crippen LogP contribution < -0.4 is 4.74 Å². The lowest BCUT2D eigenvalue weighted by Gasteiger charge is -2.13. The third-order valence-corrected chi connectivity index (χ3v) is 4.82. The molecule has 2 aromatic carbocycles. The first-order valence-electron chi connectivity index (χ1n) is 6.80. The van der Waals surface area contributed by atoms with Crippen LogP contribution in [0.15, 0.2) is 47.4 Å². The molecule has 2 nitrogen and oxygen atoms in total. The van der Waals surface area contributed by atoms with Gasteiger partial charge in [-0.05, 0) is 30.7 Å². The molecule has 0 bridgehead atoms. The fourth-order valence-electron chi connectivity index (χ4n) is 2.44. The van der Waals surface area contributed by atoms with Crippen molar-refractivity contribution in [2.24, 2.45) is 0 Å². The second-order valence-electron chi connectivity index (χ2n) is 5.05. The molecular formula is C17H15FO2S. The Bertz CT molecular complexity index is 684. The molecule has 0 saturated carbocycles. The van der Waals surface area contributed by atoms with Crippen LogP contribution in [0.1, 0.15) is 28.8 Å². The van der Waals surface area contributed by atoms with Gasteiger partial charge >= 0.3 is 0 Å². The normalized spacial score (nSPS) is 16.6. The van der Waals surface area contributed by atoms with Gasteiger partial charge in [-0.3, -0.25) is 4.79 Å². The van der Waals surface area contributed by atoms with Crippen molar-refractivity contribution in [3.05, 3.63) is 59.4 Å². The molecule has 0 fully saturated rings. The highest BCUT2D eigenvalue weighted by Gasteiger charge is 2.23. The maximum Gasteiger partial charge on any atom is 0.162 e. The molecule has 1 unspecified atom stereocenters. The van der Waals surface area contributed by atoms with Crippen LogP contribution in [-0.2, 0) is 0 Å². The molecule has 0 spiro atoms. The third-order valence-electron chi connectivity index (χ3n) is 3.57. The predicted molar refractivity (Wildman–Crippen MR) is 81.8 cm³/mol. The summed E-state index contributed by atoms with van der Waals surface area (Å²) in [7, 11) is 0. The SMILES string of the molecule is CC(=O)c1ccc(OCC2CSc3ccccc32)cc1F. The summed E-state index contributed by atoms with van der Waals surface area (Å²) in [5, 5.41) is 0. The number of carbonyl (C=O) groups excluding carboxylic acids is 1. The molecule has 0 aliphatic carbocycles. The molecule has 0 amide bonds. The largest absolute Gasteiger partial charge is 0.493 e. The summed E-state index contributed by atoms with van der Waals surface area (Å²) in [4.78, 5) is 12.5. The van der Waals surface area contributed by atoms with Gasteiger partial charge in [0.1, 0.15) is 11.6 Å². The number of benzene rings is 2. The van der Waals surface area contributed by atoms with Crippen LogP contribution in [0.3, 0.4) is 0 Å². The van der Waals surface area contributed by atoms with Crippen molar-refractivity contribution < 1.29 is 13.9 Å². The van der Waals surface area contributed by atoms with E-state index in [2.05, 4.69) is 12.1 Å². The molecule has 4 heteroatoms. The predicted octanol–water partition coefficient (Wildman–Crippen LogP) is 4.30. The molecular weight excluding hydrogens is 287 g/mol. The lowest BCUT2D eigenvalue weighted by molar-refractivity contribution is 0.101. The molecule has 1 atom stereocenters. The van der Waals surface area contributed by atoms with Crippen molar-refractivity contribution in [2.45, 2.75) is 17.7 Å². The number of hydrogen-bond donors (Lipinski definition) is 0. The van der Waals surface area contributed by atoms with Gasteiger partial charge in [-0.25, -0.2) is 4.39 Å². The molecule has 1 aliphatic rings. The highest BCUT2D eigenvalue weighted by molar-refractivity contribution is 7.99. The Kier molecular flexibility index (Phi) is 3.97. The van der Waals surface area contributed by atoms with E-state index in [-0.39, 0.29) is 11.3 Å². The maximum atomic E-state index is 13.7. The third kappa shape index (κ3) is 2.95. The van der Waals surface area contributed by atoms with Crippen LogP contribution in [0.25, 0.3) is 0 Å². The average molecular weight is 302 g/mol. The summed E-state index contributed by atoms with van der Waals surface area (Å²) < 4.78 is 19.4. The Morgan fingerprint density at radius 3 is 2.90 bits per heavy atom. The molecule has 0 aromatic heterocycles. The van der Waals surface area contributed by atoms with Gasteiger partial charge in [-0.1, -0.05) is 18.2 Å². The number of ether oxygens (including phenoxy) is 1. The summed E-state index contributed by atoms with van der Waals surface area (Å²) >= 11 is 1.82. The van der Waals surface area contributed by atoms with E-state index in [1.807, 2.05) is 23.9 Å². The van der Waals surface area contributed by atoms with Crippen LogP contribution in [0.2, 0.25) is 0 Å². The lowest BCUT2D eigenvalue weighted by Crippen LogP contribution is -2.10. The topological polar surface area (TPSA) is 26.3 Å². The van der Waals surface area contributed by atoms with Crippen LogP contribution in [0.5, 0.6) is 5.75 Å². The summed E-state index contributed by atoms with van der Waals surface area (Å²) in [6, 6.07) is 12.7. The monoisotopic (exact) mass is 302 g/mol. The first-order valence-corrected chi connectivity index (χ1v) is 7.78. The van der Waals surface area contributed by atoms with Gasteiger partial charge in [0.25, 0.3) is 0 Å². The molecule has 21 heavy (non-hydrogen) atoms. The maximum absolute atomic E-state index is 13.7. The zero-order valence-corrected chi connectivity index (χ0v) is 12.5. The average Bonchev–Trinajstić information content (AvgIpc) is 2.88. The second-order valence-corrected chi connectivity index (χ2v) is 6.12. The van der Waals surface area contributed by atoms with Gasteiger partial charge in [0.2, 0.25) is 0 Å². The van der Waals surface area contributed by atoms with Gasteiger partial charge < -0.3 is 4.74 Å². The Morgan fingerprint density at radius 1 is 1.33 bits per heavy atom. The van der Waals surface area contributed by atoms with Crippen molar-refractivity contribution in [1.82, 2.24) is 0 Å². The van der Waals surface area contributed by atoms with Crippen molar-refractivity contribution in [3.8, 4) is 5.75 Å². The Balaban J connectivity index is 1.69. The van der Waals surface area contributed by atoms with Gasteiger partial charge in [0.15, 0.2) is 5.78 Å². The van der Waals surface area contributed by atoms with E-state index in [0.29, 0.717) is 18.3 Å². The molecule has 108 valence electrons. The quantitative estimate of drug-likeness (QED) is 0.788. The number of halogens is 1. The minimum Gasteiger partial charge on any atom is -0.493 e. The van der Waals surface area contributed by atoms with E-state index in [4.69, 9.17) is 4.74 Å². The van der Waals surface area contributed by atoms with Crippen LogP contribution in [-0.4, -0.2) is 18.1 Å². The van der Waals surface area contributed by atoms with E-state index in [0.717, 1.165) is 5.75 Å². The summed E-state index contributed by atoms with van der Waals surface area (Å²) in [6.07, 6.45) is 0. The lowest BCUT2D eigenvalue weighted by atomic mass is 10.0. The summed E-state index contributed by atoms with van der Waals surface area (Å²) in [5.41, 5.74) is 1.40. The van der Waals surface area contributed by atoms with Gasteiger partial charge in [0.05, 0.1) is 12.2 Å². The molecule has 1 aliphatic heterocycles. The number of fused-ring (bicyclic) bond motifs is 1. The van der Waals surface area contributed by atoms with E-state index >= 15 is 0 Å². The number of rotatable bonds is 4. The van der Waals surface area contributed by atoms with E-state index < -0.39 is 5.82 Å². The Hall–Kier alpha value is -1.81. The number of ketones is 1. The molecule has 0 radical (unpaired) electrons. The number of Topliss-reactive ketones (excluding diaryl/α,β-unsaturated/α-hetero) is 1. The van der Waals surface area contributed by atoms with E-state index in [1.165, 1.54) is 29.5 Å². The van der Waals surface area contributed by atoms with Crippen molar-refractivity contribution in [1.29, 1.82) is 0 Å². The molecule has 0 N–H and O–H groups in total. The smallest absolute Gasteiger partial charge is 0.162 e. The summed E-state index contributed by atoms with van der Waals surface area (Å²) in [5.74, 6) is 0.961. The zero-order chi connectivity index (χ0) is 14.8. The highest BCUT2D eigenvalue weighted by atomic mass is 32.2. The fraction of sp³-hybridized carbons (Fsp3) is 0.235. The minimum absolute atomic E-state index is 0.101. The Morgan fingerprint density at radius 2 is 2.14 bits per heavy atom. The first kappa shape index (κ1) is 14.1. The van der Waals surface area contributed by atoms with Crippen molar-refractivity contribution in [2.75, 3.05) is 12.4 Å². The van der Waals surface area contributed by atoms with Gasteiger partial charge in [0, 0.05) is 22.6 Å². The fourth-order valence-corrected chi connectivity index (χ4v) is 3.67. The second kappa shape index (κ2) is 5.90. The first-order chi connectivity index (χ1) is 10.1. The number of hydrogen-bond acceptors (Lipinski definition) is 3. The van der Waals surface area contributed by atoms with Gasteiger partial charge in [-0.15, -0.1) is 11.8 Å². The van der Waals surface area contributed by atoms with Crippen LogP contribution in [0, 0.1) is 5.82 Å². The standard InChI is InChI=1S/C17H15FO2S/c1-11(19)14-7-6-13(8-16(14)18)20-9-12-10-21-17-5-3-2-4-15(12)17/h2-8,12H,9-10H2,1H3. The van der Waals surface area contributed by atoms with Crippen LogP contribution >= 0.6 is 11.8 Å². The van der Waals surface area contributed by atoms with E-state index in [9.17, 15) is 9.18 Å². The molecule has 2 aromatic rings. The highest BCUT2D eigenvalue weighted by Crippen LogP contribution is 2.39. The van der Waals surface area contributed by atoms with Gasteiger partial charge in [-0.2, -0.15) is 0 Å². The summed E-state index contributed by atoms with van der Waals surface area (Å²) in [6.45, 7) is 1.87. The minimum atomic E-state index is -0.527. The number of thioether (sulfide) groups is 1. The van der Waals surface area contributed by atoms with Crippen LogP contribution in [0.4, 0.5) is 4.39 Å². The van der Waals surface area contributed by atoms with Crippen molar-refractivity contribution >= 4 is 17.5 Å². The van der Waals surface area contributed by atoms with Crippen molar-refractivity contribution in [3.63, 3.8) is 0 Å². The zero-order valence-electron chi connectivity index (χ0n) is 11.6. The van der Waals surface area contributed by atoms with E-state index in [1.54, 1.807) is 6.07 Å². The molecule has 1 heterocycles. The molecule has 3 rings (SSSR count). The molecule has 0 saturated heterocycles. The Labute approximate surface area is 127 Å². The number of carbonyl (C=O) groups is 1.